The molecule has 13 aromatic rings. The summed E-state index contributed by atoms with van der Waals surface area (Å²) in [4.78, 5) is 2.56. The van der Waals surface area contributed by atoms with Crippen molar-refractivity contribution in [2.45, 2.75) is 10.8 Å². The molecule has 0 radical (unpaired) electrons. The minimum atomic E-state index is -0.608. The summed E-state index contributed by atoms with van der Waals surface area (Å²) >= 11 is 0. The average Bonchev–Trinajstić information content (AvgIpc) is 4.26. The van der Waals surface area contributed by atoms with Gasteiger partial charge in [-0.2, -0.15) is 0 Å². The van der Waals surface area contributed by atoms with Gasteiger partial charge in [0.2, 0.25) is 0 Å². The van der Waals surface area contributed by atoms with Crippen LogP contribution in [0.3, 0.4) is 0 Å². The Kier molecular flexibility index (Phi) is 8.62. The number of para-hydroxylation sites is 3. The van der Waals surface area contributed by atoms with Gasteiger partial charge in [-0.05, 0) is 126 Å². The van der Waals surface area contributed by atoms with Gasteiger partial charge in [-0.1, -0.05) is 237 Å². The molecule has 2 heteroatoms. The van der Waals surface area contributed by atoms with Crippen LogP contribution in [-0.2, 0) is 10.8 Å². The van der Waals surface area contributed by atoms with Gasteiger partial charge < -0.3 is 9.47 Å². The molecule has 1 spiro atoms. The zero-order valence-electron chi connectivity index (χ0n) is 40.5. The maximum absolute atomic E-state index is 2.56. The van der Waals surface area contributed by atoms with Crippen molar-refractivity contribution >= 4 is 49.6 Å². The highest BCUT2D eigenvalue weighted by Crippen LogP contribution is 2.64. The molecule has 344 valence electrons. The van der Waals surface area contributed by atoms with Gasteiger partial charge in [0.25, 0.3) is 0 Å². The van der Waals surface area contributed by atoms with E-state index in [1.54, 1.807) is 0 Å². The van der Waals surface area contributed by atoms with E-state index in [1.165, 1.54) is 116 Å². The molecule has 0 fully saturated rings. The summed E-state index contributed by atoms with van der Waals surface area (Å²) in [5.74, 6) is 0. The van der Waals surface area contributed by atoms with Crippen molar-refractivity contribution in [3.63, 3.8) is 0 Å². The Bertz CT molecular complexity index is 4390. The van der Waals surface area contributed by atoms with E-state index in [2.05, 4.69) is 289 Å². The number of aromatic nitrogens is 1. The smallest absolute Gasteiger partial charge is 0.0755 e. The van der Waals surface area contributed by atoms with Gasteiger partial charge in [0.1, 0.15) is 0 Å². The summed E-state index contributed by atoms with van der Waals surface area (Å²) in [5, 5.41) is 5.06. The lowest BCUT2D eigenvalue weighted by atomic mass is 9.65. The van der Waals surface area contributed by atoms with Crippen molar-refractivity contribution in [2.24, 2.45) is 0 Å². The quantitative estimate of drug-likeness (QED) is 0.161. The molecule has 3 aliphatic rings. The maximum atomic E-state index is 2.56. The van der Waals surface area contributed by atoms with Gasteiger partial charge in [0.15, 0.2) is 0 Å². The first-order valence-corrected chi connectivity index (χ1v) is 25.8. The fourth-order valence-electron chi connectivity index (χ4n) is 14.0. The van der Waals surface area contributed by atoms with Gasteiger partial charge in [0, 0.05) is 27.7 Å². The molecule has 2 aliphatic carbocycles. The van der Waals surface area contributed by atoms with Crippen molar-refractivity contribution in [2.75, 3.05) is 4.90 Å². The van der Waals surface area contributed by atoms with Crippen molar-refractivity contribution < 1.29 is 0 Å². The summed E-state index contributed by atoms with van der Waals surface area (Å²) in [6.45, 7) is 0. The average molecular weight is 939 g/mol. The van der Waals surface area contributed by atoms with E-state index in [1.807, 2.05) is 0 Å². The summed E-state index contributed by atoms with van der Waals surface area (Å²) < 4.78 is 2.53. The molecular formula is C72H46N2. The molecule has 74 heavy (non-hydrogen) atoms. The number of nitrogens with zero attached hydrogens (tertiary/aromatic N) is 2. The minimum Gasteiger partial charge on any atom is -0.310 e. The first-order chi connectivity index (χ1) is 36.7. The van der Waals surface area contributed by atoms with Crippen molar-refractivity contribution in [1.29, 1.82) is 0 Å². The lowest BCUT2D eigenvalue weighted by Gasteiger charge is -2.39. The first-order valence-electron chi connectivity index (χ1n) is 25.8. The van der Waals surface area contributed by atoms with Crippen molar-refractivity contribution in [3.8, 4) is 39.1 Å². The van der Waals surface area contributed by atoms with E-state index < -0.39 is 10.8 Å². The molecule has 12 aromatic carbocycles. The number of hydrogen-bond donors (Lipinski definition) is 0. The Morgan fingerprint density at radius 2 is 0.892 bits per heavy atom. The Labute approximate surface area is 430 Å². The van der Waals surface area contributed by atoms with Gasteiger partial charge in [0.05, 0.1) is 33.2 Å². The first kappa shape index (κ1) is 41.2. The fourth-order valence-corrected chi connectivity index (χ4v) is 14.0. The van der Waals surface area contributed by atoms with Crippen molar-refractivity contribution in [1.82, 2.24) is 4.57 Å². The fraction of sp³-hybridized carbons (Fsp3) is 0.0278. The standard InChI is InChI=1S/C72H46N2/c1-4-21-47(22-5-1)49-24-18-29-52(45-49)73(53-42-43-58-64(46-53)71(50-25-6-2-7-26-50,51-27-8-3-9-28-51)62-44-41-48-23-10-11-30-54(48)68(58)62)67-40-20-36-61-69(67)57-32-12-14-34-59(57)72(61)60-35-15-17-39-66(60)74-65-38-16-13-31-55(65)56-33-19-37-63(72)70(56)74/h1-46H. The van der Waals surface area contributed by atoms with Gasteiger partial charge in [-0.15, -0.1) is 0 Å². The van der Waals surface area contributed by atoms with E-state index in [0.29, 0.717) is 0 Å². The van der Waals surface area contributed by atoms with Crippen LogP contribution in [0.4, 0.5) is 17.1 Å². The van der Waals surface area contributed by atoms with Crippen LogP contribution in [0.25, 0.3) is 71.6 Å². The number of benzene rings is 12. The van der Waals surface area contributed by atoms with Gasteiger partial charge in [-0.3, -0.25) is 0 Å². The third kappa shape index (κ3) is 5.33. The zero-order valence-corrected chi connectivity index (χ0v) is 40.5. The van der Waals surface area contributed by atoms with Crippen LogP contribution in [0.5, 0.6) is 0 Å². The summed E-state index contributed by atoms with van der Waals surface area (Å²) in [5.41, 5.74) is 23.5. The Balaban J connectivity index is 1.02. The second-order valence-corrected chi connectivity index (χ2v) is 20.2. The predicted octanol–water partition coefficient (Wildman–Crippen LogP) is 18.1. The Morgan fingerprint density at radius 1 is 0.311 bits per heavy atom. The maximum Gasteiger partial charge on any atom is 0.0755 e. The SMILES string of the molecule is c1ccc(-c2cccc(N(c3ccc4c(c3)C(c3ccccc3)(c3ccccc3)c3ccc5ccccc5c3-4)c3cccc4c3-c3ccccc3C43c4ccccc4-n4c5ccccc5c5cccc3c54)c2)cc1. The molecule has 1 atom stereocenters. The van der Waals surface area contributed by atoms with Crippen LogP contribution in [0, 0.1) is 0 Å². The van der Waals surface area contributed by atoms with E-state index in [9.17, 15) is 0 Å². The topological polar surface area (TPSA) is 8.17 Å². The van der Waals surface area contributed by atoms with Crippen LogP contribution >= 0.6 is 0 Å². The second kappa shape index (κ2) is 15.5. The Hall–Kier alpha value is -9.50. The number of rotatable bonds is 6. The molecule has 0 amide bonds. The molecule has 1 aromatic heterocycles. The summed E-state index contributed by atoms with van der Waals surface area (Å²) in [6, 6.07) is 105. The van der Waals surface area contributed by atoms with Crippen LogP contribution in [-0.4, -0.2) is 4.57 Å². The normalized spacial score (nSPS) is 15.2. The highest BCUT2D eigenvalue weighted by atomic mass is 15.1. The third-order valence-corrected chi connectivity index (χ3v) is 16.8. The molecule has 0 N–H and O–H groups in total. The van der Waals surface area contributed by atoms with E-state index in [4.69, 9.17) is 0 Å². The number of anilines is 3. The predicted molar refractivity (Wildman–Crippen MR) is 307 cm³/mol. The highest BCUT2D eigenvalue weighted by Gasteiger charge is 2.52. The summed E-state index contributed by atoms with van der Waals surface area (Å²) in [7, 11) is 0. The van der Waals surface area contributed by atoms with Gasteiger partial charge in [-0.25, -0.2) is 0 Å². The van der Waals surface area contributed by atoms with Crippen LogP contribution in [0.1, 0.15) is 44.5 Å². The lowest BCUT2D eigenvalue weighted by Crippen LogP contribution is -2.33. The number of fused-ring (bicyclic) bond motifs is 17. The monoisotopic (exact) mass is 938 g/mol. The Morgan fingerprint density at radius 3 is 1.72 bits per heavy atom. The van der Waals surface area contributed by atoms with E-state index >= 15 is 0 Å². The molecule has 1 aliphatic heterocycles. The van der Waals surface area contributed by atoms with Crippen LogP contribution in [0.2, 0.25) is 0 Å². The molecule has 0 saturated carbocycles. The third-order valence-electron chi connectivity index (χ3n) is 16.8. The van der Waals surface area contributed by atoms with Crippen LogP contribution < -0.4 is 4.90 Å². The van der Waals surface area contributed by atoms with E-state index in [0.717, 1.165) is 17.1 Å². The number of hydrogen-bond acceptors (Lipinski definition) is 1. The minimum absolute atomic E-state index is 0.601. The van der Waals surface area contributed by atoms with E-state index in [-0.39, 0.29) is 0 Å². The molecule has 2 heterocycles. The second-order valence-electron chi connectivity index (χ2n) is 20.2. The van der Waals surface area contributed by atoms with Crippen molar-refractivity contribution in [3.05, 3.63) is 324 Å². The largest absolute Gasteiger partial charge is 0.310 e. The van der Waals surface area contributed by atoms with Gasteiger partial charge >= 0.3 is 0 Å². The molecule has 0 saturated heterocycles. The highest BCUT2D eigenvalue weighted by molar-refractivity contribution is 6.13. The van der Waals surface area contributed by atoms with Crippen LogP contribution in [0.15, 0.2) is 279 Å². The zero-order chi connectivity index (χ0) is 48.5. The molecule has 1 unspecified atom stereocenters. The molecular weight excluding hydrogens is 893 g/mol. The molecule has 0 bridgehead atoms. The summed E-state index contributed by atoms with van der Waals surface area (Å²) in [6.07, 6.45) is 0. The molecule has 2 nitrogen and oxygen atoms in total. The molecule has 16 rings (SSSR count). The lowest BCUT2D eigenvalue weighted by molar-refractivity contribution is 0.748.